The van der Waals surface area contributed by atoms with Crippen LogP contribution in [0.2, 0.25) is 0 Å². The molecule has 1 unspecified atom stereocenters. The van der Waals surface area contributed by atoms with Crippen LogP contribution in [0.3, 0.4) is 0 Å². The van der Waals surface area contributed by atoms with Gasteiger partial charge in [0.2, 0.25) is 0 Å². The molecule has 0 aliphatic carbocycles. The van der Waals surface area contributed by atoms with Crippen LogP contribution in [0.25, 0.3) is 0 Å². The lowest BCUT2D eigenvalue weighted by molar-refractivity contribution is -0.870. The Morgan fingerprint density at radius 1 is 0.659 bits per heavy atom. The van der Waals surface area contributed by atoms with Crippen LogP contribution < -0.4 is 23.0 Å². The van der Waals surface area contributed by atoms with Crippen LogP contribution in [0.4, 0.5) is 9.59 Å². The lowest BCUT2D eigenvalue weighted by atomic mass is 10.0. The van der Waals surface area contributed by atoms with Crippen LogP contribution in [0.1, 0.15) is 122 Å². The van der Waals surface area contributed by atoms with Crippen LogP contribution in [0.5, 0.6) is 0 Å². The van der Waals surface area contributed by atoms with Gasteiger partial charge in [-0.05, 0) is 6.42 Å². The molecule has 0 saturated carbocycles. The Balaban J connectivity index is 0. The molecule has 244 valence electrons. The van der Waals surface area contributed by atoms with E-state index < -0.39 is 18.2 Å². The minimum Gasteiger partial charge on any atom is -1.00 e. The van der Waals surface area contributed by atoms with E-state index in [9.17, 15) is 14.4 Å². The average Bonchev–Trinajstić information content (AvgIpc) is 2.91. The molecule has 0 rings (SSSR count). The fourth-order valence-electron chi connectivity index (χ4n) is 4.41. The van der Waals surface area contributed by atoms with Crippen LogP contribution in [-0.2, 0) is 19.0 Å². The van der Waals surface area contributed by atoms with Crippen molar-refractivity contribution in [2.45, 2.75) is 129 Å². The van der Waals surface area contributed by atoms with Gasteiger partial charge in [0.1, 0.15) is 19.3 Å². The third-order valence-corrected chi connectivity index (χ3v) is 6.88. The molecule has 2 N–H and O–H groups in total. The maximum Gasteiger partial charge on any atom is 0.407 e. The van der Waals surface area contributed by atoms with Gasteiger partial charge in [0.25, 0.3) is 0 Å². The summed E-state index contributed by atoms with van der Waals surface area (Å²) in [6, 6.07) is -0.684. The Morgan fingerprint density at radius 3 is 1.59 bits per heavy atom. The van der Waals surface area contributed by atoms with Crippen molar-refractivity contribution in [3.05, 3.63) is 0 Å². The SMILES string of the molecule is CCCCCCCCCCCCCCCCCCNC(=O)OCC(COC(=O)CCC[N+](C)(C)C)NC(=O)OC.[Cl-]. The van der Waals surface area contributed by atoms with Gasteiger partial charge in [0, 0.05) is 13.0 Å². The Kier molecular flexibility index (Phi) is 28.7. The van der Waals surface area contributed by atoms with Crippen LogP contribution in [0, 0.1) is 0 Å². The number of carbonyl (C=O) groups excluding carboxylic acids is 3. The zero-order chi connectivity index (χ0) is 29.9. The minimum absolute atomic E-state index is 0. The number of halogens is 1. The summed E-state index contributed by atoms with van der Waals surface area (Å²) in [4.78, 5) is 35.7. The standard InChI is InChI=1S/C31H61N3O6.ClH/c1-6-7-8-9-10-11-12-13-14-15-16-17-18-19-20-21-24-32-30(36)40-27-28(33-31(37)38-5)26-39-29(35)23-22-25-34(2,3)4;/h28H,6-27H2,1-5H3,(H-,32,33,36,37);1H. The number of nitrogens with one attached hydrogen (secondary N) is 2. The van der Waals surface area contributed by atoms with Crippen molar-refractivity contribution >= 4 is 18.2 Å². The van der Waals surface area contributed by atoms with E-state index in [0.29, 0.717) is 19.4 Å². The molecule has 2 amide bonds. The van der Waals surface area contributed by atoms with Crippen molar-refractivity contribution in [3.8, 4) is 0 Å². The summed E-state index contributed by atoms with van der Waals surface area (Å²) in [6.45, 7) is 3.45. The molecule has 10 heteroatoms. The summed E-state index contributed by atoms with van der Waals surface area (Å²) in [5.74, 6) is -0.349. The van der Waals surface area contributed by atoms with Gasteiger partial charge in [-0.3, -0.25) is 4.79 Å². The highest BCUT2D eigenvalue weighted by Gasteiger charge is 2.18. The van der Waals surface area contributed by atoms with E-state index in [2.05, 4.69) is 43.4 Å². The molecule has 0 spiro atoms. The summed E-state index contributed by atoms with van der Waals surface area (Å²) >= 11 is 0. The lowest BCUT2D eigenvalue weighted by Crippen LogP contribution is -3.00. The van der Waals surface area contributed by atoms with Gasteiger partial charge in [-0.1, -0.05) is 103 Å². The monoisotopic (exact) mass is 607 g/mol. The van der Waals surface area contributed by atoms with E-state index in [1.165, 1.54) is 97.0 Å². The highest BCUT2D eigenvalue weighted by Crippen LogP contribution is 2.13. The van der Waals surface area contributed by atoms with E-state index in [-0.39, 0.29) is 31.6 Å². The van der Waals surface area contributed by atoms with Crippen molar-refractivity contribution in [2.75, 3.05) is 54.6 Å². The van der Waals surface area contributed by atoms with Crippen molar-refractivity contribution in [1.82, 2.24) is 10.6 Å². The number of unbranched alkanes of at least 4 members (excludes halogenated alkanes) is 15. The molecule has 0 heterocycles. The van der Waals surface area contributed by atoms with Gasteiger partial charge < -0.3 is 41.7 Å². The molecule has 0 saturated heterocycles. The Bertz CT molecular complexity index is 646. The van der Waals surface area contributed by atoms with Gasteiger partial charge in [0.05, 0.1) is 41.2 Å². The first-order chi connectivity index (χ1) is 19.2. The summed E-state index contributed by atoms with van der Waals surface area (Å²) in [5.41, 5.74) is 0. The van der Waals surface area contributed by atoms with Gasteiger partial charge >= 0.3 is 18.2 Å². The zero-order valence-corrected chi connectivity index (χ0v) is 27.7. The molecule has 41 heavy (non-hydrogen) atoms. The zero-order valence-electron chi connectivity index (χ0n) is 26.9. The number of nitrogens with zero attached hydrogens (tertiary/aromatic N) is 1. The number of hydrogen-bond donors (Lipinski definition) is 2. The molecule has 0 aromatic rings. The number of ether oxygens (including phenoxy) is 3. The van der Waals surface area contributed by atoms with Gasteiger partial charge in [-0.2, -0.15) is 0 Å². The molecule has 0 aliphatic heterocycles. The van der Waals surface area contributed by atoms with Crippen molar-refractivity contribution < 1.29 is 45.5 Å². The molecule has 0 bridgehead atoms. The van der Waals surface area contributed by atoms with E-state index in [4.69, 9.17) is 9.47 Å². The number of esters is 1. The topological polar surface area (TPSA) is 103 Å². The van der Waals surface area contributed by atoms with Crippen molar-refractivity contribution in [2.24, 2.45) is 0 Å². The fraction of sp³-hybridized carbons (Fsp3) is 0.903. The summed E-state index contributed by atoms with van der Waals surface area (Å²) in [7, 11) is 7.43. The molecule has 0 aromatic carbocycles. The number of carbonyl (C=O) groups is 3. The van der Waals surface area contributed by atoms with E-state index in [1.54, 1.807) is 0 Å². The maximum atomic E-state index is 12.0. The smallest absolute Gasteiger partial charge is 0.407 e. The van der Waals surface area contributed by atoms with E-state index in [1.807, 2.05) is 0 Å². The summed E-state index contributed by atoms with van der Waals surface area (Å²) in [6.07, 6.45) is 20.7. The minimum atomic E-state index is -0.684. The van der Waals surface area contributed by atoms with Crippen molar-refractivity contribution in [3.63, 3.8) is 0 Å². The molecule has 1 atom stereocenters. The highest BCUT2D eigenvalue weighted by atomic mass is 35.5. The molecule has 0 aliphatic rings. The molecule has 0 fully saturated rings. The normalized spacial score (nSPS) is 11.7. The first kappa shape index (κ1) is 41.4. The Hall–Kier alpha value is -1.74. The number of quaternary nitrogens is 1. The predicted molar refractivity (Wildman–Crippen MR) is 161 cm³/mol. The first-order valence-electron chi connectivity index (χ1n) is 15.9. The second kappa shape index (κ2) is 28.4. The first-order valence-corrected chi connectivity index (χ1v) is 15.9. The van der Waals surface area contributed by atoms with Gasteiger partial charge in [0.15, 0.2) is 0 Å². The quantitative estimate of drug-likeness (QED) is 0.0672. The third-order valence-electron chi connectivity index (χ3n) is 6.88. The average molecular weight is 608 g/mol. The van der Waals surface area contributed by atoms with Crippen LogP contribution >= 0.6 is 0 Å². The lowest BCUT2D eigenvalue weighted by Gasteiger charge is -2.23. The summed E-state index contributed by atoms with van der Waals surface area (Å²) < 4.78 is 15.9. The molecule has 0 radical (unpaired) electrons. The second-order valence-electron chi connectivity index (χ2n) is 12.0. The fourth-order valence-corrected chi connectivity index (χ4v) is 4.41. The molecule has 9 nitrogen and oxygen atoms in total. The van der Waals surface area contributed by atoms with Gasteiger partial charge in [-0.25, -0.2) is 9.59 Å². The number of methoxy groups -OCH3 is 1. The highest BCUT2D eigenvalue weighted by molar-refractivity contribution is 5.70. The Labute approximate surface area is 257 Å². The molecule has 0 aromatic heterocycles. The number of rotatable bonds is 26. The number of alkyl carbamates (subject to hydrolysis) is 2. The largest absolute Gasteiger partial charge is 1.00 e. The van der Waals surface area contributed by atoms with Crippen molar-refractivity contribution in [1.29, 1.82) is 0 Å². The molecular formula is C31H62ClN3O6. The molecular weight excluding hydrogens is 546 g/mol. The van der Waals surface area contributed by atoms with Crippen LogP contribution in [-0.4, -0.2) is 83.2 Å². The van der Waals surface area contributed by atoms with E-state index in [0.717, 1.165) is 23.9 Å². The number of amides is 2. The maximum absolute atomic E-state index is 12.0. The third kappa shape index (κ3) is 31.0. The summed E-state index contributed by atoms with van der Waals surface area (Å²) in [5, 5.41) is 5.28. The van der Waals surface area contributed by atoms with Crippen LogP contribution in [0.15, 0.2) is 0 Å². The Morgan fingerprint density at radius 2 is 1.12 bits per heavy atom. The number of hydrogen-bond acceptors (Lipinski definition) is 6. The predicted octanol–water partition coefficient (Wildman–Crippen LogP) is 3.73. The second-order valence-corrected chi connectivity index (χ2v) is 12.0. The van der Waals surface area contributed by atoms with E-state index >= 15 is 0 Å². The van der Waals surface area contributed by atoms with Gasteiger partial charge in [-0.15, -0.1) is 0 Å².